The summed E-state index contributed by atoms with van der Waals surface area (Å²) in [5.74, 6) is 0.422. The zero-order valence-electron chi connectivity index (χ0n) is 16.5. The van der Waals surface area contributed by atoms with E-state index in [2.05, 4.69) is 25.7 Å². The van der Waals surface area contributed by atoms with Crippen molar-refractivity contribution < 1.29 is 13.6 Å². The fourth-order valence-electron chi connectivity index (χ4n) is 2.80. The molecule has 160 valence electrons. The molecular formula is C19H18FN7O2S2. The lowest BCUT2D eigenvalue weighted by molar-refractivity contribution is -0.129. The molecule has 1 amide bonds. The van der Waals surface area contributed by atoms with E-state index in [-0.39, 0.29) is 18.2 Å². The van der Waals surface area contributed by atoms with Crippen LogP contribution in [0, 0.1) is 5.82 Å². The minimum Gasteiger partial charge on any atom is -0.418 e. The van der Waals surface area contributed by atoms with E-state index in [1.807, 2.05) is 24.4 Å². The lowest BCUT2D eigenvalue weighted by Gasteiger charge is -2.19. The Labute approximate surface area is 185 Å². The Morgan fingerprint density at radius 2 is 2.16 bits per heavy atom. The third kappa shape index (κ3) is 5.14. The molecule has 0 unspecified atom stereocenters. The number of hydrogen-bond acceptors (Lipinski definition) is 9. The summed E-state index contributed by atoms with van der Waals surface area (Å²) in [6, 6.07) is 9.74. The highest BCUT2D eigenvalue weighted by molar-refractivity contribution is 7.99. The number of halogens is 1. The van der Waals surface area contributed by atoms with Crippen molar-refractivity contribution in [3.63, 3.8) is 0 Å². The molecule has 0 aliphatic rings. The van der Waals surface area contributed by atoms with Gasteiger partial charge in [-0.25, -0.2) is 4.39 Å². The molecule has 31 heavy (non-hydrogen) atoms. The van der Waals surface area contributed by atoms with E-state index in [9.17, 15) is 9.18 Å². The van der Waals surface area contributed by atoms with Crippen LogP contribution in [0.2, 0.25) is 0 Å². The number of thiophene rings is 1. The summed E-state index contributed by atoms with van der Waals surface area (Å²) in [6.07, 6.45) is 0.781. The lowest BCUT2D eigenvalue weighted by atomic mass is 10.3. The summed E-state index contributed by atoms with van der Waals surface area (Å²) >= 11 is 2.69. The van der Waals surface area contributed by atoms with Gasteiger partial charge >= 0.3 is 0 Å². The highest BCUT2D eigenvalue weighted by atomic mass is 32.2. The van der Waals surface area contributed by atoms with Crippen LogP contribution in [-0.2, 0) is 11.3 Å². The second-order valence-electron chi connectivity index (χ2n) is 6.44. The maximum absolute atomic E-state index is 13.5. The van der Waals surface area contributed by atoms with Gasteiger partial charge in [-0.05, 0) is 46.5 Å². The number of carbonyl (C=O) groups excluding carboxylic acids is 1. The van der Waals surface area contributed by atoms with E-state index < -0.39 is 5.82 Å². The number of tetrazole rings is 1. The summed E-state index contributed by atoms with van der Waals surface area (Å²) in [5, 5.41) is 21.9. The van der Waals surface area contributed by atoms with Crippen molar-refractivity contribution >= 4 is 29.0 Å². The maximum Gasteiger partial charge on any atom is 0.257 e. The molecule has 1 aromatic carbocycles. The first-order valence-corrected chi connectivity index (χ1v) is 11.3. The van der Waals surface area contributed by atoms with Crippen LogP contribution in [0.1, 0.15) is 19.2 Å². The van der Waals surface area contributed by atoms with Gasteiger partial charge in [-0.3, -0.25) is 4.79 Å². The first-order valence-electron chi connectivity index (χ1n) is 9.45. The number of carbonyl (C=O) groups is 1. The van der Waals surface area contributed by atoms with Crippen molar-refractivity contribution in [1.82, 2.24) is 35.3 Å². The van der Waals surface area contributed by atoms with Crippen LogP contribution in [0.15, 0.2) is 51.4 Å². The SMILES string of the molecule is CCCN(Cc1nnc(-c2cccs2)o1)C(=O)CSc1nnnn1-c1cccc(F)c1. The molecule has 0 N–H and O–H groups in total. The number of rotatable bonds is 9. The Morgan fingerprint density at radius 3 is 2.94 bits per heavy atom. The molecule has 0 bridgehead atoms. The molecule has 0 atom stereocenters. The van der Waals surface area contributed by atoms with Crippen LogP contribution in [0.4, 0.5) is 4.39 Å². The molecule has 9 nitrogen and oxygen atoms in total. The van der Waals surface area contributed by atoms with Crippen molar-refractivity contribution in [2.75, 3.05) is 12.3 Å². The highest BCUT2D eigenvalue weighted by Gasteiger charge is 2.19. The van der Waals surface area contributed by atoms with Crippen molar-refractivity contribution in [3.8, 4) is 16.5 Å². The quantitative estimate of drug-likeness (QED) is 0.351. The molecule has 0 aliphatic carbocycles. The fourth-order valence-corrected chi connectivity index (χ4v) is 4.24. The summed E-state index contributed by atoms with van der Waals surface area (Å²) in [7, 11) is 0. The van der Waals surface area contributed by atoms with E-state index in [1.165, 1.54) is 39.9 Å². The number of aromatic nitrogens is 6. The molecular weight excluding hydrogens is 441 g/mol. The average Bonchev–Trinajstić information content (AvgIpc) is 3.53. The van der Waals surface area contributed by atoms with E-state index >= 15 is 0 Å². The topological polar surface area (TPSA) is 103 Å². The number of benzene rings is 1. The van der Waals surface area contributed by atoms with E-state index in [4.69, 9.17) is 4.42 Å². The standard InChI is InChI=1S/C19H18FN7O2S2/c1-2-8-26(11-16-21-22-18(29-16)15-7-4-9-30-15)17(28)12-31-19-23-24-25-27(19)14-6-3-5-13(20)10-14/h3-7,9-10H,2,8,11-12H2,1H3. The van der Waals surface area contributed by atoms with Crippen LogP contribution in [0.3, 0.4) is 0 Å². The summed E-state index contributed by atoms with van der Waals surface area (Å²) in [4.78, 5) is 15.4. The van der Waals surface area contributed by atoms with Gasteiger partial charge in [0.1, 0.15) is 5.82 Å². The Balaban J connectivity index is 1.41. The molecule has 0 fully saturated rings. The van der Waals surface area contributed by atoms with Gasteiger partial charge in [0, 0.05) is 6.54 Å². The number of nitrogens with zero attached hydrogens (tertiary/aromatic N) is 7. The normalized spacial score (nSPS) is 11.0. The minimum absolute atomic E-state index is 0.113. The first kappa shape index (κ1) is 21.1. The molecule has 4 aromatic rings. The third-order valence-electron chi connectivity index (χ3n) is 4.19. The monoisotopic (exact) mass is 459 g/mol. The highest BCUT2D eigenvalue weighted by Crippen LogP contribution is 2.24. The Bertz CT molecular complexity index is 1150. The molecule has 0 radical (unpaired) electrons. The maximum atomic E-state index is 13.5. The van der Waals surface area contributed by atoms with Gasteiger partial charge in [-0.2, -0.15) is 4.68 Å². The van der Waals surface area contributed by atoms with Crippen LogP contribution in [-0.4, -0.2) is 53.5 Å². The van der Waals surface area contributed by atoms with Gasteiger partial charge < -0.3 is 9.32 Å². The molecule has 0 saturated heterocycles. The van der Waals surface area contributed by atoms with Crippen molar-refractivity contribution in [2.45, 2.75) is 25.0 Å². The predicted octanol–water partition coefficient (Wildman–Crippen LogP) is 3.44. The van der Waals surface area contributed by atoms with Crippen molar-refractivity contribution in [3.05, 3.63) is 53.5 Å². The first-order chi connectivity index (χ1) is 15.1. The summed E-state index contributed by atoms with van der Waals surface area (Å²) < 4.78 is 20.6. The van der Waals surface area contributed by atoms with Gasteiger partial charge in [0.15, 0.2) is 0 Å². The second-order valence-corrected chi connectivity index (χ2v) is 8.33. The summed E-state index contributed by atoms with van der Waals surface area (Å²) in [5.41, 5.74) is 0.484. The van der Waals surface area contributed by atoms with Crippen LogP contribution in [0.5, 0.6) is 0 Å². The molecule has 0 spiro atoms. The van der Waals surface area contributed by atoms with E-state index in [0.717, 1.165) is 11.3 Å². The second kappa shape index (κ2) is 9.79. The zero-order chi connectivity index (χ0) is 21.6. The van der Waals surface area contributed by atoms with Crippen LogP contribution < -0.4 is 0 Å². The Morgan fingerprint density at radius 1 is 1.26 bits per heavy atom. The molecule has 0 saturated carbocycles. The third-order valence-corrected chi connectivity index (χ3v) is 5.95. The van der Waals surface area contributed by atoms with Gasteiger partial charge in [0.05, 0.1) is 22.9 Å². The van der Waals surface area contributed by atoms with E-state index in [1.54, 1.807) is 17.0 Å². The van der Waals surface area contributed by atoms with Gasteiger partial charge in [-0.15, -0.1) is 26.6 Å². The Kier molecular flexibility index (Phi) is 6.67. The summed E-state index contributed by atoms with van der Waals surface area (Å²) in [6.45, 7) is 2.76. The van der Waals surface area contributed by atoms with Crippen molar-refractivity contribution in [2.24, 2.45) is 0 Å². The number of thioether (sulfide) groups is 1. The van der Waals surface area contributed by atoms with Crippen LogP contribution >= 0.6 is 23.1 Å². The van der Waals surface area contributed by atoms with Gasteiger partial charge in [-0.1, -0.05) is 30.8 Å². The number of amides is 1. The molecule has 3 heterocycles. The lowest BCUT2D eigenvalue weighted by Crippen LogP contribution is -2.32. The number of hydrogen-bond donors (Lipinski definition) is 0. The fraction of sp³-hybridized carbons (Fsp3) is 0.263. The van der Waals surface area contributed by atoms with Crippen LogP contribution in [0.25, 0.3) is 16.5 Å². The molecule has 3 aromatic heterocycles. The molecule has 4 rings (SSSR count). The smallest absolute Gasteiger partial charge is 0.257 e. The average molecular weight is 460 g/mol. The van der Waals surface area contributed by atoms with Crippen molar-refractivity contribution in [1.29, 1.82) is 0 Å². The zero-order valence-corrected chi connectivity index (χ0v) is 18.1. The largest absolute Gasteiger partial charge is 0.418 e. The van der Waals surface area contributed by atoms with Gasteiger partial charge in [0.25, 0.3) is 5.89 Å². The predicted molar refractivity (Wildman–Crippen MR) is 113 cm³/mol. The van der Waals surface area contributed by atoms with E-state index in [0.29, 0.717) is 29.2 Å². The molecule has 0 aliphatic heterocycles. The molecule has 12 heteroatoms. The van der Waals surface area contributed by atoms with Gasteiger partial charge in [0.2, 0.25) is 17.0 Å². The minimum atomic E-state index is -0.393. The Hall–Kier alpha value is -3.12.